The maximum atomic E-state index is 12.8. The van der Waals surface area contributed by atoms with E-state index in [-0.39, 0.29) is 11.7 Å². The highest BCUT2D eigenvalue weighted by Crippen LogP contribution is 2.07. The van der Waals surface area contributed by atoms with E-state index in [9.17, 15) is 9.18 Å². The SMILES string of the molecule is CCc1ccc(CN(C)CC(=O)NCc2ccc(F)cc2)cc1. The van der Waals surface area contributed by atoms with Crippen LogP contribution in [0.15, 0.2) is 48.5 Å². The lowest BCUT2D eigenvalue weighted by atomic mass is 10.1. The van der Waals surface area contributed by atoms with Crippen LogP contribution in [-0.4, -0.2) is 24.4 Å². The van der Waals surface area contributed by atoms with Crippen molar-refractivity contribution in [2.75, 3.05) is 13.6 Å². The lowest BCUT2D eigenvalue weighted by Crippen LogP contribution is -2.34. The lowest BCUT2D eigenvalue weighted by molar-refractivity contribution is -0.122. The van der Waals surface area contributed by atoms with Crippen molar-refractivity contribution in [3.8, 4) is 0 Å². The molecule has 0 spiro atoms. The third-order valence-electron chi connectivity index (χ3n) is 3.70. The molecule has 0 aliphatic carbocycles. The van der Waals surface area contributed by atoms with Crippen molar-refractivity contribution < 1.29 is 9.18 Å². The molecule has 0 atom stereocenters. The Morgan fingerprint density at radius 2 is 1.57 bits per heavy atom. The normalized spacial score (nSPS) is 10.8. The number of nitrogens with zero attached hydrogens (tertiary/aromatic N) is 1. The third-order valence-corrected chi connectivity index (χ3v) is 3.70. The Kier molecular flexibility index (Phi) is 6.29. The van der Waals surface area contributed by atoms with E-state index in [1.165, 1.54) is 23.3 Å². The Morgan fingerprint density at radius 1 is 1.00 bits per heavy atom. The molecule has 1 amide bonds. The van der Waals surface area contributed by atoms with Crippen molar-refractivity contribution in [2.24, 2.45) is 0 Å². The Labute approximate surface area is 137 Å². The topological polar surface area (TPSA) is 32.3 Å². The third kappa shape index (κ3) is 5.83. The van der Waals surface area contributed by atoms with E-state index in [1.54, 1.807) is 12.1 Å². The molecule has 3 nitrogen and oxygen atoms in total. The molecule has 0 saturated heterocycles. The molecule has 0 saturated carbocycles. The van der Waals surface area contributed by atoms with Gasteiger partial charge in [0.25, 0.3) is 0 Å². The molecular formula is C19H23FN2O. The van der Waals surface area contributed by atoms with E-state index in [4.69, 9.17) is 0 Å². The summed E-state index contributed by atoms with van der Waals surface area (Å²) in [4.78, 5) is 13.9. The molecule has 0 heterocycles. The van der Waals surface area contributed by atoms with Crippen molar-refractivity contribution in [1.29, 1.82) is 0 Å². The minimum absolute atomic E-state index is 0.0398. The summed E-state index contributed by atoms with van der Waals surface area (Å²) in [5, 5.41) is 2.85. The summed E-state index contributed by atoms with van der Waals surface area (Å²) in [7, 11) is 1.92. The first kappa shape index (κ1) is 17.2. The number of rotatable bonds is 7. The fraction of sp³-hybridized carbons (Fsp3) is 0.316. The van der Waals surface area contributed by atoms with Gasteiger partial charge in [-0.25, -0.2) is 4.39 Å². The van der Waals surface area contributed by atoms with E-state index in [0.717, 1.165) is 18.5 Å². The molecule has 0 aliphatic rings. The van der Waals surface area contributed by atoms with Gasteiger partial charge in [0.15, 0.2) is 0 Å². The second-order valence-electron chi connectivity index (χ2n) is 5.75. The number of halogens is 1. The molecule has 4 heteroatoms. The highest BCUT2D eigenvalue weighted by molar-refractivity contribution is 5.77. The Hall–Kier alpha value is -2.20. The number of likely N-dealkylation sites (N-methyl/N-ethyl adjacent to an activating group) is 1. The zero-order chi connectivity index (χ0) is 16.7. The maximum Gasteiger partial charge on any atom is 0.234 e. The van der Waals surface area contributed by atoms with Crippen LogP contribution in [0.25, 0.3) is 0 Å². The van der Waals surface area contributed by atoms with Crippen molar-refractivity contribution in [1.82, 2.24) is 10.2 Å². The van der Waals surface area contributed by atoms with Gasteiger partial charge in [-0.1, -0.05) is 43.3 Å². The van der Waals surface area contributed by atoms with E-state index < -0.39 is 0 Å². The van der Waals surface area contributed by atoms with Crippen LogP contribution in [0.2, 0.25) is 0 Å². The molecule has 0 aromatic heterocycles. The molecule has 122 valence electrons. The van der Waals surface area contributed by atoms with Crippen LogP contribution in [0.5, 0.6) is 0 Å². The Morgan fingerprint density at radius 3 is 2.17 bits per heavy atom. The minimum atomic E-state index is -0.270. The zero-order valence-corrected chi connectivity index (χ0v) is 13.7. The number of carbonyl (C=O) groups excluding carboxylic acids is 1. The predicted octanol–water partition coefficient (Wildman–Crippen LogP) is 3.14. The molecule has 23 heavy (non-hydrogen) atoms. The number of aryl methyl sites for hydroxylation is 1. The molecule has 0 fully saturated rings. The van der Waals surface area contributed by atoms with Crippen molar-refractivity contribution in [3.63, 3.8) is 0 Å². The smallest absolute Gasteiger partial charge is 0.234 e. The van der Waals surface area contributed by atoms with Crippen LogP contribution in [0, 0.1) is 5.82 Å². The Balaban J connectivity index is 1.76. The average molecular weight is 314 g/mol. The summed E-state index contributed by atoms with van der Waals surface area (Å²) in [6.07, 6.45) is 1.03. The first-order chi connectivity index (χ1) is 11.1. The summed E-state index contributed by atoms with van der Waals surface area (Å²) in [5.41, 5.74) is 3.39. The monoisotopic (exact) mass is 314 g/mol. The second-order valence-corrected chi connectivity index (χ2v) is 5.75. The van der Waals surface area contributed by atoms with E-state index in [0.29, 0.717) is 13.1 Å². The van der Waals surface area contributed by atoms with Crippen molar-refractivity contribution in [2.45, 2.75) is 26.4 Å². The number of nitrogens with one attached hydrogen (secondary N) is 1. The van der Waals surface area contributed by atoms with Gasteiger partial charge in [-0.3, -0.25) is 9.69 Å². The number of amides is 1. The number of hydrogen-bond acceptors (Lipinski definition) is 2. The van der Waals surface area contributed by atoms with E-state index >= 15 is 0 Å². The molecule has 0 radical (unpaired) electrons. The van der Waals surface area contributed by atoms with Crippen molar-refractivity contribution >= 4 is 5.91 Å². The van der Waals surface area contributed by atoms with E-state index in [2.05, 4.69) is 36.5 Å². The van der Waals surface area contributed by atoms with Crippen LogP contribution >= 0.6 is 0 Å². The summed E-state index contributed by atoms with van der Waals surface area (Å²) in [6, 6.07) is 14.6. The van der Waals surface area contributed by atoms with Gasteiger partial charge in [-0.15, -0.1) is 0 Å². The first-order valence-corrected chi connectivity index (χ1v) is 7.84. The number of benzene rings is 2. The van der Waals surface area contributed by atoms with Crippen LogP contribution < -0.4 is 5.32 Å². The summed E-state index contributed by atoms with van der Waals surface area (Å²) in [6.45, 7) is 3.61. The first-order valence-electron chi connectivity index (χ1n) is 7.84. The van der Waals surface area contributed by atoms with Crippen LogP contribution in [0.3, 0.4) is 0 Å². The second kappa shape index (κ2) is 8.44. The largest absolute Gasteiger partial charge is 0.351 e. The summed E-state index contributed by atoms with van der Waals surface area (Å²) in [5.74, 6) is -0.309. The molecule has 0 unspecified atom stereocenters. The average Bonchev–Trinajstić information content (AvgIpc) is 2.55. The van der Waals surface area contributed by atoms with Gasteiger partial charge in [0.2, 0.25) is 5.91 Å². The molecule has 0 bridgehead atoms. The van der Waals surface area contributed by atoms with Crippen LogP contribution in [0.1, 0.15) is 23.6 Å². The predicted molar refractivity (Wildman–Crippen MR) is 90.4 cm³/mol. The molecule has 1 N–H and O–H groups in total. The lowest BCUT2D eigenvalue weighted by Gasteiger charge is -2.16. The van der Waals surface area contributed by atoms with Gasteiger partial charge >= 0.3 is 0 Å². The molecular weight excluding hydrogens is 291 g/mol. The molecule has 0 aliphatic heterocycles. The van der Waals surface area contributed by atoms with Gasteiger partial charge in [0.05, 0.1) is 6.54 Å². The minimum Gasteiger partial charge on any atom is -0.351 e. The van der Waals surface area contributed by atoms with Crippen LogP contribution in [-0.2, 0) is 24.3 Å². The molecule has 2 aromatic rings. The zero-order valence-electron chi connectivity index (χ0n) is 13.7. The summed E-state index contributed by atoms with van der Waals surface area (Å²) >= 11 is 0. The number of hydrogen-bond donors (Lipinski definition) is 1. The van der Waals surface area contributed by atoms with E-state index in [1.807, 2.05) is 11.9 Å². The van der Waals surface area contributed by atoms with Gasteiger partial charge in [-0.2, -0.15) is 0 Å². The fourth-order valence-corrected chi connectivity index (χ4v) is 2.35. The molecule has 2 rings (SSSR count). The highest BCUT2D eigenvalue weighted by atomic mass is 19.1. The Bertz CT molecular complexity index is 623. The quantitative estimate of drug-likeness (QED) is 0.851. The van der Waals surface area contributed by atoms with Crippen LogP contribution in [0.4, 0.5) is 4.39 Å². The van der Waals surface area contributed by atoms with Crippen molar-refractivity contribution in [3.05, 3.63) is 71.0 Å². The van der Waals surface area contributed by atoms with Gasteiger partial charge < -0.3 is 5.32 Å². The summed E-state index contributed by atoms with van der Waals surface area (Å²) < 4.78 is 12.8. The standard InChI is InChI=1S/C19H23FN2O/c1-3-15-4-6-17(7-5-15)13-22(2)14-19(23)21-12-16-8-10-18(20)11-9-16/h4-11H,3,12-14H2,1-2H3,(H,21,23). The molecule has 2 aromatic carbocycles. The number of carbonyl (C=O) groups is 1. The van der Waals surface area contributed by atoms with Gasteiger partial charge in [-0.05, 0) is 42.3 Å². The van der Waals surface area contributed by atoms with Gasteiger partial charge in [0.1, 0.15) is 5.82 Å². The maximum absolute atomic E-state index is 12.8. The highest BCUT2D eigenvalue weighted by Gasteiger charge is 2.07. The van der Waals surface area contributed by atoms with Gasteiger partial charge in [0, 0.05) is 13.1 Å². The fourth-order valence-electron chi connectivity index (χ4n) is 2.35.